The molecule has 2 heterocycles. The number of nitrogens with zero attached hydrogens (tertiary/aromatic N) is 3. The van der Waals surface area contributed by atoms with E-state index in [9.17, 15) is 4.79 Å². The number of thiocarbonyl (C=S) groups is 1. The van der Waals surface area contributed by atoms with Gasteiger partial charge in [-0.05, 0) is 55.8 Å². The highest BCUT2D eigenvalue weighted by Crippen LogP contribution is 2.35. The van der Waals surface area contributed by atoms with Gasteiger partial charge < -0.3 is 4.74 Å². The molecule has 7 heteroatoms. The van der Waals surface area contributed by atoms with Gasteiger partial charge in [0.25, 0.3) is 5.91 Å². The van der Waals surface area contributed by atoms with Crippen molar-refractivity contribution in [2.24, 2.45) is 0 Å². The van der Waals surface area contributed by atoms with Gasteiger partial charge in [-0.1, -0.05) is 42.2 Å². The topological polar surface area (TPSA) is 47.4 Å². The fourth-order valence-corrected chi connectivity index (χ4v) is 4.73. The summed E-state index contributed by atoms with van der Waals surface area (Å²) in [7, 11) is 1.65. The molecule has 5 nitrogen and oxygen atoms in total. The zero-order valence-electron chi connectivity index (χ0n) is 17.0. The molecule has 1 aliphatic rings. The highest BCUT2D eigenvalue weighted by molar-refractivity contribution is 8.26. The Hall–Kier alpha value is -2.90. The van der Waals surface area contributed by atoms with Gasteiger partial charge in [-0.3, -0.25) is 9.69 Å². The molecule has 1 aromatic heterocycles. The third-order valence-electron chi connectivity index (χ3n) is 4.93. The van der Waals surface area contributed by atoms with E-state index in [1.807, 2.05) is 79.3 Å². The first-order valence-electron chi connectivity index (χ1n) is 9.57. The second-order valence-electron chi connectivity index (χ2n) is 6.82. The van der Waals surface area contributed by atoms with E-state index in [1.165, 1.54) is 11.8 Å². The number of amides is 1. The van der Waals surface area contributed by atoms with Crippen LogP contribution in [0.15, 0.2) is 59.6 Å². The lowest BCUT2D eigenvalue weighted by Crippen LogP contribution is -2.27. The monoisotopic (exact) mass is 435 g/mol. The van der Waals surface area contributed by atoms with Gasteiger partial charge in [0.2, 0.25) is 0 Å². The first kappa shape index (κ1) is 20.4. The largest absolute Gasteiger partial charge is 0.497 e. The van der Waals surface area contributed by atoms with Crippen molar-refractivity contribution in [1.29, 1.82) is 0 Å². The van der Waals surface area contributed by atoms with E-state index in [4.69, 9.17) is 22.1 Å². The van der Waals surface area contributed by atoms with Gasteiger partial charge >= 0.3 is 0 Å². The summed E-state index contributed by atoms with van der Waals surface area (Å²) >= 11 is 6.69. The normalized spacial score (nSPS) is 15.3. The minimum Gasteiger partial charge on any atom is -0.497 e. The van der Waals surface area contributed by atoms with E-state index in [1.54, 1.807) is 12.0 Å². The zero-order chi connectivity index (χ0) is 21.3. The molecular weight excluding hydrogens is 414 g/mol. The first-order valence-corrected chi connectivity index (χ1v) is 10.8. The summed E-state index contributed by atoms with van der Waals surface area (Å²) in [5.41, 5.74) is 4.65. The Bertz CT molecular complexity index is 1150. The van der Waals surface area contributed by atoms with Crippen molar-refractivity contribution in [3.05, 3.63) is 70.8 Å². The number of hydrogen-bond acceptors (Lipinski definition) is 5. The summed E-state index contributed by atoms with van der Waals surface area (Å²) in [6, 6.07) is 15.8. The van der Waals surface area contributed by atoms with Crippen LogP contribution in [0.25, 0.3) is 23.0 Å². The number of rotatable bonds is 5. The third kappa shape index (κ3) is 3.78. The lowest BCUT2D eigenvalue weighted by atomic mass is 10.0. The molecule has 0 bridgehead atoms. The second-order valence-corrected chi connectivity index (χ2v) is 8.50. The molecule has 0 N–H and O–H groups in total. The quantitative estimate of drug-likeness (QED) is 0.413. The highest BCUT2D eigenvalue weighted by Gasteiger charge is 2.31. The predicted octanol–water partition coefficient (Wildman–Crippen LogP) is 5.08. The molecule has 30 heavy (non-hydrogen) atoms. The van der Waals surface area contributed by atoms with Crippen molar-refractivity contribution < 1.29 is 9.53 Å². The Balaban J connectivity index is 1.85. The molecule has 4 rings (SSSR count). The average Bonchev–Trinajstić information content (AvgIpc) is 3.29. The standard InChI is InChI=1S/C23H21N3O2S2/c1-4-25-22(27)20(30-23(25)29)13-16-14-26(17-8-6-5-7-9-17)24-21(16)19-11-10-18(28-3)12-15(19)2/h5-14H,4H2,1-3H3/b20-13-. The summed E-state index contributed by atoms with van der Waals surface area (Å²) in [6.45, 7) is 4.52. The van der Waals surface area contributed by atoms with Crippen molar-refractivity contribution in [3.63, 3.8) is 0 Å². The van der Waals surface area contributed by atoms with Gasteiger partial charge in [-0.15, -0.1) is 0 Å². The van der Waals surface area contributed by atoms with Crippen LogP contribution >= 0.6 is 24.0 Å². The number of ether oxygens (including phenoxy) is 1. The molecule has 1 aliphatic heterocycles. The van der Waals surface area contributed by atoms with Crippen molar-refractivity contribution in [2.75, 3.05) is 13.7 Å². The maximum atomic E-state index is 12.7. The van der Waals surface area contributed by atoms with Gasteiger partial charge in [-0.2, -0.15) is 5.10 Å². The highest BCUT2D eigenvalue weighted by atomic mass is 32.2. The number of hydrogen-bond donors (Lipinski definition) is 0. The molecule has 0 atom stereocenters. The Kier molecular flexibility index (Phi) is 5.74. The SMILES string of the molecule is CCN1C(=O)/C(=C/c2cn(-c3ccccc3)nc2-c2ccc(OC)cc2C)SC1=S. The summed E-state index contributed by atoms with van der Waals surface area (Å²) in [5.74, 6) is 0.737. The van der Waals surface area contributed by atoms with Crippen molar-refractivity contribution in [1.82, 2.24) is 14.7 Å². The Labute approximate surface area is 185 Å². The number of methoxy groups -OCH3 is 1. The van der Waals surface area contributed by atoms with E-state index in [2.05, 4.69) is 0 Å². The number of para-hydroxylation sites is 1. The van der Waals surface area contributed by atoms with Gasteiger partial charge in [-0.25, -0.2) is 4.68 Å². The Morgan fingerprint density at radius 3 is 2.60 bits per heavy atom. The van der Waals surface area contributed by atoms with E-state index in [-0.39, 0.29) is 5.91 Å². The van der Waals surface area contributed by atoms with Crippen molar-refractivity contribution >= 4 is 40.3 Å². The van der Waals surface area contributed by atoms with Crippen LogP contribution in [0.3, 0.4) is 0 Å². The maximum absolute atomic E-state index is 12.7. The van der Waals surface area contributed by atoms with E-state index >= 15 is 0 Å². The van der Waals surface area contributed by atoms with Crippen LogP contribution in [0, 0.1) is 6.92 Å². The summed E-state index contributed by atoms with van der Waals surface area (Å²) < 4.78 is 7.77. The fraction of sp³-hybridized carbons (Fsp3) is 0.174. The lowest BCUT2D eigenvalue weighted by molar-refractivity contribution is -0.121. The van der Waals surface area contributed by atoms with E-state index in [0.717, 1.165) is 33.8 Å². The van der Waals surface area contributed by atoms with Crippen LogP contribution in [-0.2, 0) is 4.79 Å². The fourth-order valence-electron chi connectivity index (χ4n) is 3.36. The molecule has 0 aliphatic carbocycles. The number of carbonyl (C=O) groups excluding carboxylic acids is 1. The average molecular weight is 436 g/mol. The van der Waals surface area contributed by atoms with Crippen LogP contribution in [0.5, 0.6) is 5.75 Å². The Morgan fingerprint density at radius 1 is 1.20 bits per heavy atom. The molecule has 0 saturated carbocycles. The Morgan fingerprint density at radius 2 is 1.97 bits per heavy atom. The zero-order valence-corrected chi connectivity index (χ0v) is 18.6. The van der Waals surface area contributed by atoms with Crippen molar-refractivity contribution in [3.8, 4) is 22.7 Å². The number of aryl methyl sites for hydroxylation is 1. The molecule has 1 fully saturated rings. The van der Waals surface area contributed by atoms with Gasteiger partial charge in [0.1, 0.15) is 15.8 Å². The molecule has 152 valence electrons. The van der Waals surface area contributed by atoms with Crippen LogP contribution < -0.4 is 4.74 Å². The van der Waals surface area contributed by atoms with Crippen LogP contribution in [-0.4, -0.2) is 38.6 Å². The number of thioether (sulfide) groups is 1. The predicted molar refractivity (Wildman–Crippen MR) is 126 cm³/mol. The summed E-state index contributed by atoms with van der Waals surface area (Å²) in [5, 5.41) is 4.86. The minimum atomic E-state index is -0.0580. The first-order chi connectivity index (χ1) is 14.5. The summed E-state index contributed by atoms with van der Waals surface area (Å²) in [4.78, 5) is 15.0. The minimum absolute atomic E-state index is 0.0580. The van der Waals surface area contributed by atoms with Crippen LogP contribution in [0.1, 0.15) is 18.1 Å². The van der Waals surface area contributed by atoms with Crippen molar-refractivity contribution in [2.45, 2.75) is 13.8 Å². The molecular formula is C23H21N3O2S2. The van der Waals surface area contributed by atoms with Gasteiger partial charge in [0.15, 0.2) is 0 Å². The summed E-state index contributed by atoms with van der Waals surface area (Å²) in [6.07, 6.45) is 3.84. The van der Waals surface area contributed by atoms with Gasteiger partial charge in [0, 0.05) is 23.9 Å². The van der Waals surface area contributed by atoms with E-state index in [0.29, 0.717) is 15.8 Å². The number of benzene rings is 2. The lowest BCUT2D eigenvalue weighted by Gasteiger charge is -2.09. The van der Waals surface area contributed by atoms with Crippen LogP contribution in [0.2, 0.25) is 0 Å². The van der Waals surface area contributed by atoms with Crippen LogP contribution in [0.4, 0.5) is 0 Å². The smallest absolute Gasteiger partial charge is 0.266 e. The third-order valence-corrected chi connectivity index (χ3v) is 6.31. The molecule has 0 spiro atoms. The molecule has 2 aromatic carbocycles. The second kappa shape index (κ2) is 8.45. The maximum Gasteiger partial charge on any atom is 0.266 e. The number of carbonyl (C=O) groups is 1. The molecule has 0 radical (unpaired) electrons. The molecule has 1 amide bonds. The van der Waals surface area contributed by atoms with Gasteiger partial charge in [0.05, 0.1) is 17.7 Å². The molecule has 0 unspecified atom stereocenters. The van der Waals surface area contributed by atoms with E-state index < -0.39 is 0 Å². The number of aromatic nitrogens is 2. The number of likely N-dealkylation sites (N-methyl/N-ethyl adjacent to an activating group) is 1. The molecule has 3 aromatic rings. The molecule has 1 saturated heterocycles.